The number of ether oxygens (including phenoxy) is 1. The Hall–Kier alpha value is -2.33. The molecule has 0 aliphatic heterocycles. The lowest BCUT2D eigenvalue weighted by molar-refractivity contribution is -0.135. The summed E-state index contributed by atoms with van der Waals surface area (Å²) in [5.41, 5.74) is 9.40. The van der Waals surface area contributed by atoms with Crippen molar-refractivity contribution in [3.8, 4) is 11.5 Å². The van der Waals surface area contributed by atoms with E-state index in [0.717, 1.165) is 24.8 Å². The van der Waals surface area contributed by atoms with Crippen LogP contribution in [0.4, 0.5) is 0 Å². The molecule has 0 fully saturated rings. The van der Waals surface area contributed by atoms with Crippen LogP contribution in [0.2, 0.25) is 0 Å². The summed E-state index contributed by atoms with van der Waals surface area (Å²) in [5, 5.41) is 9.25. The Bertz CT molecular complexity index is 679. The summed E-state index contributed by atoms with van der Waals surface area (Å²) in [6.45, 7) is 0. The van der Waals surface area contributed by atoms with Crippen molar-refractivity contribution in [1.82, 2.24) is 0 Å². The second-order valence-corrected chi connectivity index (χ2v) is 5.68. The first-order valence-electron chi connectivity index (χ1n) is 7.49. The second kappa shape index (κ2) is 6.20. The Morgan fingerprint density at radius 3 is 2.64 bits per heavy atom. The third kappa shape index (κ3) is 3.28. The summed E-state index contributed by atoms with van der Waals surface area (Å²) in [6, 6.07) is 11.7. The first-order valence-corrected chi connectivity index (χ1v) is 7.49. The molecule has 1 atom stereocenters. The molecule has 2 aromatic carbocycles. The Morgan fingerprint density at radius 1 is 1.14 bits per heavy atom. The van der Waals surface area contributed by atoms with Gasteiger partial charge in [0.25, 0.3) is 0 Å². The smallest absolute Gasteiger partial charge is 0.328 e. The molecular weight excluding hydrogens is 278 g/mol. The molecule has 0 amide bonds. The number of phenols is 1. The fraction of sp³-hybridized carbons (Fsp3) is 0.278. The van der Waals surface area contributed by atoms with E-state index in [4.69, 9.17) is 10.5 Å². The molecule has 3 N–H and O–H groups in total. The van der Waals surface area contributed by atoms with Gasteiger partial charge in [0.2, 0.25) is 0 Å². The number of nitrogens with two attached hydrogens (primary N) is 1. The molecule has 3 rings (SSSR count). The van der Waals surface area contributed by atoms with Crippen LogP contribution in [0, 0.1) is 0 Å². The van der Waals surface area contributed by atoms with E-state index < -0.39 is 12.0 Å². The van der Waals surface area contributed by atoms with Crippen molar-refractivity contribution in [2.45, 2.75) is 31.7 Å². The summed E-state index contributed by atoms with van der Waals surface area (Å²) in [4.78, 5) is 12.1. The zero-order chi connectivity index (χ0) is 15.5. The van der Waals surface area contributed by atoms with Gasteiger partial charge in [0, 0.05) is 0 Å². The molecule has 4 nitrogen and oxygen atoms in total. The molecular formula is C18H19NO3. The van der Waals surface area contributed by atoms with Crippen LogP contribution >= 0.6 is 0 Å². The van der Waals surface area contributed by atoms with E-state index in [1.165, 1.54) is 11.1 Å². The Kier molecular flexibility index (Phi) is 4.11. The van der Waals surface area contributed by atoms with Gasteiger partial charge >= 0.3 is 5.97 Å². The number of esters is 1. The molecule has 0 spiro atoms. The van der Waals surface area contributed by atoms with Gasteiger partial charge in [0.15, 0.2) is 0 Å². The van der Waals surface area contributed by atoms with Crippen molar-refractivity contribution < 1.29 is 14.6 Å². The number of aromatic hydroxyl groups is 1. The summed E-state index contributed by atoms with van der Waals surface area (Å²) in [5.74, 6) is 0.316. The SMILES string of the molecule is NC(Cc1ccc(O)cc1)C(=O)Oc1ccc2c(c1)CCC2. The molecule has 114 valence electrons. The van der Waals surface area contributed by atoms with Gasteiger partial charge in [-0.3, -0.25) is 0 Å². The van der Waals surface area contributed by atoms with E-state index in [2.05, 4.69) is 0 Å². The number of carbonyl (C=O) groups excluding carboxylic acids is 1. The first kappa shape index (κ1) is 14.6. The van der Waals surface area contributed by atoms with Gasteiger partial charge in [-0.15, -0.1) is 0 Å². The minimum Gasteiger partial charge on any atom is -0.508 e. The fourth-order valence-corrected chi connectivity index (χ4v) is 2.77. The summed E-state index contributed by atoms with van der Waals surface area (Å²) < 4.78 is 5.38. The molecule has 1 unspecified atom stereocenters. The monoisotopic (exact) mass is 297 g/mol. The van der Waals surface area contributed by atoms with Crippen molar-refractivity contribution in [3.05, 3.63) is 59.2 Å². The quantitative estimate of drug-likeness (QED) is 0.671. The molecule has 0 saturated heterocycles. The van der Waals surface area contributed by atoms with E-state index in [9.17, 15) is 9.90 Å². The number of aryl methyl sites for hydroxylation is 2. The Labute approximate surface area is 129 Å². The molecule has 4 heteroatoms. The van der Waals surface area contributed by atoms with Crippen LogP contribution in [-0.4, -0.2) is 17.1 Å². The predicted octanol–water partition coefficient (Wildman–Crippen LogP) is 2.36. The number of benzene rings is 2. The Balaban J connectivity index is 1.62. The van der Waals surface area contributed by atoms with Crippen molar-refractivity contribution in [3.63, 3.8) is 0 Å². The highest BCUT2D eigenvalue weighted by Crippen LogP contribution is 2.26. The highest BCUT2D eigenvalue weighted by atomic mass is 16.5. The van der Waals surface area contributed by atoms with Gasteiger partial charge in [-0.05, 0) is 66.6 Å². The van der Waals surface area contributed by atoms with Crippen molar-refractivity contribution in [1.29, 1.82) is 0 Å². The molecule has 0 bridgehead atoms. The zero-order valence-corrected chi connectivity index (χ0v) is 12.3. The van der Waals surface area contributed by atoms with E-state index in [0.29, 0.717) is 12.2 Å². The van der Waals surface area contributed by atoms with Crippen LogP contribution in [0.25, 0.3) is 0 Å². The van der Waals surface area contributed by atoms with Crippen molar-refractivity contribution >= 4 is 5.97 Å². The molecule has 0 radical (unpaired) electrons. The number of hydrogen-bond donors (Lipinski definition) is 2. The normalized spacial score (nSPS) is 14.4. The maximum absolute atomic E-state index is 12.1. The van der Waals surface area contributed by atoms with Crippen LogP contribution in [0.5, 0.6) is 11.5 Å². The van der Waals surface area contributed by atoms with Crippen molar-refractivity contribution in [2.24, 2.45) is 5.73 Å². The average Bonchev–Trinajstić information content (AvgIpc) is 2.97. The molecule has 0 saturated carbocycles. The highest BCUT2D eigenvalue weighted by Gasteiger charge is 2.18. The van der Waals surface area contributed by atoms with E-state index in [1.54, 1.807) is 24.3 Å². The largest absolute Gasteiger partial charge is 0.508 e. The number of rotatable bonds is 4. The molecule has 1 aliphatic carbocycles. The number of carbonyl (C=O) groups is 1. The topological polar surface area (TPSA) is 72.5 Å². The second-order valence-electron chi connectivity index (χ2n) is 5.68. The highest BCUT2D eigenvalue weighted by molar-refractivity contribution is 5.78. The molecule has 1 aliphatic rings. The standard InChI is InChI=1S/C18H19NO3/c19-17(10-12-4-7-15(20)8-5-12)18(21)22-16-9-6-13-2-1-3-14(13)11-16/h4-9,11,17,20H,1-3,10,19H2. The van der Waals surface area contributed by atoms with E-state index in [1.807, 2.05) is 18.2 Å². The lowest BCUT2D eigenvalue weighted by Gasteiger charge is -2.12. The van der Waals surface area contributed by atoms with Crippen molar-refractivity contribution in [2.75, 3.05) is 0 Å². The van der Waals surface area contributed by atoms with E-state index in [-0.39, 0.29) is 5.75 Å². The number of hydrogen-bond acceptors (Lipinski definition) is 4. The van der Waals surface area contributed by atoms with Gasteiger partial charge in [-0.2, -0.15) is 0 Å². The van der Waals surface area contributed by atoms with Gasteiger partial charge in [0.05, 0.1) is 0 Å². The van der Waals surface area contributed by atoms with Crippen LogP contribution in [-0.2, 0) is 24.1 Å². The molecule has 0 aromatic heterocycles. The fourth-order valence-electron chi connectivity index (χ4n) is 2.77. The maximum atomic E-state index is 12.1. The molecule has 22 heavy (non-hydrogen) atoms. The third-order valence-corrected chi connectivity index (χ3v) is 3.98. The lowest BCUT2D eigenvalue weighted by Crippen LogP contribution is -2.36. The number of fused-ring (bicyclic) bond motifs is 1. The summed E-state index contributed by atoms with van der Waals surface area (Å²) >= 11 is 0. The first-order chi connectivity index (χ1) is 10.6. The molecule has 0 heterocycles. The molecule has 2 aromatic rings. The van der Waals surface area contributed by atoms with Gasteiger partial charge in [-0.1, -0.05) is 18.2 Å². The minimum atomic E-state index is -0.724. The van der Waals surface area contributed by atoms with Crippen LogP contribution in [0.3, 0.4) is 0 Å². The number of phenolic OH excluding ortho intramolecular Hbond substituents is 1. The van der Waals surface area contributed by atoms with Crippen LogP contribution in [0.1, 0.15) is 23.1 Å². The van der Waals surface area contributed by atoms with Gasteiger partial charge in [-0.25, -0.2) is 4.79 Å². The average molecular weight is 297 g/mol. The maximum Gasteiger partial charge on any atom is 0.328 e. The zero-order valence-electron chi connectivity index (χ0n) is 12.3. The predicted molar refractivity (Wildman–Crippen MR) is 83.9 cm³/mol. The minimum absolute atomic E-state index is 0.193. The summed E-state index contributed by atoms with van der Waals surface area (Å²) in [7, 11) is 0. The van der Waals surface area contributed by atoms with Gasteiger partial charge < -0.3 is 15.6 Å². The van der Waals surface area contributed by atoms with Gasteiger partial charge in [0.1, 0.15) is 17.5 Å². The summed E-state index contributed by atoms with van der Waals surface area (Å²) in [6.07, 6.45) is 3.68. The van der Waals surface area contributed by atoms with Crippen LogP contribution < -0.4 is 10.5 Å². The van der Waals surface area contributed by atoms with E-state index >= 15 is 0 Å². The van der Waals surface area contributed by atoms with Crippen LogP contribution in [0.15, 0.2) is 42.5 Å². The Morgan fingerprint density at radius 2 is 1.86 bits per heavy atom. The lowest BCUT2D eigenvalue weighted by atomic mass is 10.1. The third-order valence-electron chi connectivity index (χ3n) is 3.98.